The third-order valence-corrected chi connectivity index (χ3v) is 11.2. The van der Waals surface area contributed by atoms with Crippen molar-refractivity contribution in [3.8, 4) is 0 Å². The average Bonchev–Trinajstić information content (AvgIpc) is 3.27. The summed E-state index contributed by atoms with van der Waals surface area (Å²) in [5, 5.41) is 11.7. The van der Waals surface area contributed by atoms with Crippen LogP contribution < -0.4 is 0 Å². The minimum absolute atomic E-state index is 0.0340. The van der Waals surface area contributed by atoms with E-state index in [1.807, 2.05) is 30.3 Å². The molecule has 1 aromatic rings. The van der Waals surface area contributed by atoms with Crippen molar-refractivity contribution in [2.75, 3.05) is 7.11 Å². The van der Waals surface area contributed by atoms with Crippen molar-refractivity contribution < 1.29 is 24.2 Å². The first-order chi connectivity index (χ1) is 17.7. The van der Waals surface area contributed by atoms with Crippen LogP contribution in [-0.4, -0.2) is 36.4 Å². The number of esters is 2. The number of hydrogen-bond acceptors (Lipinski definition) is 5. The highest BCUT2D eigenvalue weighted by molar-refractivity contribution is 5.89. The number of rotatable bonds is 6. The van der Waals surface area contributed by atoms with E-state index in [2.05, 4.69) is 26.8 Å². The maximum absolute atomic E-state index is 12.7. The Morgan fingerprint density at radius 3 is 2.57 bits per heavy atom. The Bertz CT molecular complexity index is 1030. The zero-order valence-electron chi connectivity index (χ0n) is 22.9. The van der Waals surface area contributed by atoms with E-state index in [0.717, 1.165) is 51.4 Å². The number of ether oxygens (including phenoxy) is 2. The van der Waals surface area contributed by atoms with Crippen molar-refractivity contribution in [3.63, 3.8) is 0 Å². The Labute approximate surface area is 222 Å². The van der Waals surface area contributed by atoms with Gasteiger partial charge < -0.3 is 14.6 Å². The molecule has 0 aliphatic heterocycles. The molecule has 9 atom stereocenters. The van der Waals surface area contributed by atoms with Crippen LogP contribution in [0.3, 0.4) is 0 Å². The average molecular weight is 509 g/mol. The number of carbonyl (C=O) groups excluding carboxylic acids is 2. The fourth-order valence-corrected chi connectivity index (χ4v) is 8.99. The van der Waals surface area contributed by atoms with Gasteiger partial charge in [-0.1, -0.05) is 50.6 Å². The molecule has 1 N–H and O–H groups in total. The van der Waals surface area contributed by atoms with Crippen LogP contribution in [0.25, 0.3) is 0 Å². The number of allylic oxidation sites excluding steroid dienone is 1. The molecule has 5 nitrogen and oxygen atoms in total. The number of fused-ring (bicyclic) bond motifs is 5. The van der Waals surface area contributed by atoms with Gasteiger partial charge in [-0.05, 0) is 98.5 Å². The quantitative estimate of drug-likeness (QED) is 0.358. The van der Waals surface area contributed by atoms with Gasteiger partial charge in [0.05, 0.1) is 18.8 Å². The van der Waals surface area contributed by atoms with E-state index in [-0.39, 0.29) is 28.9 Å². The molecule has 0 spiro atoms. The van der Waals surface area contributed by atoms with Crippen molar-refractivity contribution in [2.24, 2.45) is 40.4 Å². The largest absolute Gasteiger partial charge is 0.469 e. The Morgan fingerprint density at radius 1 is 1.08 bits per heavy atom. The molecule has 1 aromatic carbocycles. The molecule has 1 unspecified atom stereocenters. The minimum Gasteiger partial charge on any atom is -0.469 e. The topological polar surface area (TPSA) is 72.8 Å². The molecule has 0 heterocycles. The van der Waals surface area contributed by atoms with Gasteiger partial charge in [0.15, 0.2) is 0 Å². The highest BCUT2D eigenvalue weighted by Crippen LogP contribution is 2.66. The minimum atomic E-state index is -0.457. The van der Waals surface area contributed by atoms with Crippen molar-refractivity contribution in [3.05, 3.63) is 47.5 Å². The molecule has 5 rings (SSSR count). The predicted molar refractivity (Wildman–Crippen MR) is 143 cm³/mol. The first-order valence-electron chi connectivity index (χ1n) is 14.4. The van der Waals surface area contributed by atoms with Gasteiger partial charge in [0, 0.05) is 11.8 Å². The van der Waals surface area contributed by atoms with E-state index < -0.39 is 6.10 Å². The molecule has 4 aliphatic rings. The van der Waals surface area contributed by atoms with E-state index >= 15 is 0 Å². The summed E-state index contributed by atoms with van der Waals surface area (Å²) in [6.45, 7) is 6.98. The Kier molecular flexibility index (Phi) is 7.30. The van der Waals surface area contributed by atoms with Crippen molar-refractivity contribution in [2.45, 2.75) is 90.8 Å². The van der Waals surface area contributed by atoms with E-state index in [4.69, 9.17) is 9.47 Å². The van der Waals surface area contributed by atoms with Crippen molar-refractivity contribution >= 4 is 11.9 Å². The molecule has 5 heteroatoms. The highest BCUT2D eigenvalue weighted by atomic mass is 16.5. The SMILES string of the molecule is COC(=O)CC[C@@H](C)C1CC[C@H]2[C@@H]3CC[C@@H]4C[C@H](OC(=O)c5ccccc5)CC[C@]4(C)C3=C[C@@H](O)[C@]12C. The van der Waals surface area contributed by atoms with Gasteiger partial charge in [0.2, 0.25) is 0 Å². The summed E-state index contributed by atoms with van der Waals surface area (Å²) < 4.78 is 10.8. The molecule has 202 valence electrons. The Balaban J connectivity index is 1.31. The van der Waals surface area contributed by atoms with Gasteiger partial charge in [-0.15, -0.1) is 0 Å². The highest BCUT2D eigenvalue weighted by Gasteiger charge is 2.60. The molecule has 3 saturated carbocycles. The molecule has 37 heavy (non-hydrogen) atoms. The van der Waals surface area contributed by atoms with Gasteiger partial charge in [-0.3, -0.25) is 4.79 Å². The lowest BCUT2D eigenvalue weighted by Gasteiger charge is -2.58. The van der Waals surface area contributed by atoms with Crippen molar-refractivity contribution in [1.82, 2.24) is 0 Å². The van der Waals surface area contributed by atoms with Crippen LogP contribution in [0.1, 0.15) is 88.9 Å². The van der Waals surface area contributed by atoms with Crippen LogP contribution in [0.5, 0.6) is 0 Å². The van der Waals surface area contributed by atoms with E-state index in [1.54, 1.807) is 0 Å². The third-order valence-electron chi connectivity index (χ3n) is 11.2. The monoisotopic (exact) mass is 508 g/mol. The molecule has 0 aromatic heterocycles. The fraction of sp³-hybridized carbons (Fsp3) is 0.688. The number of aliphatic hydroxyl groups is 1. The molecule has 0 bridgehead atoms. The van der Waals surface area contributed by atoms with E-state index in [0.29, 0.717) is 41.6 Å². The molecule has 3 fully saturated rings. The first kappa shape index (κ1) is 26.5. The van der Waals surface area contributed by atoms with Crippen LogP contribution in [0.2, 0.25) is 0 Å². The third kappa shape index (κ3) is 4.56. The van der Waals surface area contributed by atoms with Crippen LogP contribution in [0.15, 0.2) is 42.0 Å². The molecule has 0 radical (unpaired) electrons. The summed E-state index contributed by atoms with van der Waals surface area (Å²) in [5.74, 6) is 1.91. The maximum Gasteiger partial charge on any atom is 0.338 e. The van der Waals surface area contributed by atoms with Gasteiger partial charge >= 0.3 is 11.9 Å². The number of carbonyl (C=O) groups is 2. The van der Waals surface area contributed by atoms with Gasteiger partial charge in [0.25, 0.3) is 0 Å². The normalized spacial score (nSPS) is 39.4. The summed E-state index contributed by atoms with van der Waals surface area (Å²) in [6, 6.07) is 9.29. The van der Waals surface area contributed by atoms with Gasteiger partial charge in [-0.2, -0.15) is 0 Å². The predicted octanol–water partition coefficient (Wildman–Crippen LogP) is 6.35. The summed E-state index contributed by atoms with van der Waals surface area (Å²) in [7, 11) is 1.45. The lowest BCUT2D eigenvalue weighted by Crippen LogP contribution is -2.53. The molecule has 0 amide bonds. The molecule has 0 saturated heterocycles. The lowest BCUT2D eigenvalue weighted by molar-refractivity contribution is -0.141. The lowest BCUT2D eigenvalue weighted by atomic mass is 9.47. The molecular weight excluding hydrogens is 464 g/mol. The second kappa shape index (κ2) is 10.2. The number of methoxy groups -OCH3 is 1. The zero-order chi connectivity index (χ0) is 26.4. The van der Waals surface area contributed by atoms with E-state index in [9.17, 15) is 14.7 Å². The second-order valence-electron chi connectivity index (χ2n) is 12.8. The summed E-state index contributed by atoms with van der Waals surface area (Å²) in [6.07, 6.45) is 10.4. The Hall–Kier alpha value is -2.14. The standard InChI is InChI=1S/C32H44O5/c1-20(10-15-29(34)36-4)25-13-14-26-24-12-11-22-18-23(37-30(35)21-8-6-5-7-9-21)16-17-31(22,2)27(24)19-28(33)32(25,26)3/h5-9,19-20,22-26,28,33H,10-18H2,1-4H3/t20-,22-,23-,24+,25?,26+,28-,31+,32-/m1/s1. The summed E-state index contributed by atoms with van der Waals surface area (Å²) in [5.41, 5.74) is 2.02. The van der Waals surface area contributed by atoms with Crippen LogP contribution in [-0.2, 0) is 14.3 Å². The maximum atomic E-state index is 12.7. The summed E-state index contributed by atoms with van der Waals surface area (Å²) in [4.78, 5) is 24.4. The zero-order valence-corrected chi connectivity index (χ0v) is 22.9. The van der Waals surface area contributed by atoms with Crippen molar-refractivity contribution in [1.29, 1.82) is 0 Å². The van der Waals surface area contributed by atoms with Gasteiger partial charge in [0.1, 0.15) is 6.10 Å². The summed E-state index contributed by atoms with van der Waals surface area (Å²) >= 11 is 0. The Morgan fingerprint density at radius 2 is 1.84 bits per heavy atom. The fourth-order valence-electron chi connectivity index (χ4n) is 8.99. The van der Waals surface area contributed by atoms with Crippen LogP contribution in [0.4, 0.5) is 0 Å². The smallest absolute Gasteiger partial charge is 0.338 e. The molecule has 4 aliphatic carbocycles. The first-order valence-corrected chi connectivity index (χ1v) is 14.4. The number of aliphatic hydroxyl groups excluding tert-OH is 1. The van der Waals surface area contributed by atoms with E-state index in [1.165, 1.54) is 12.7 Å². The number of benzene rings is 1. The van der Waals surface area contributed by atoms with Crippen LogP contribution in [0, 0.1) is 40.4 Å². The van der Waals surface area contributed by atoms with Gasteiger partial charge in [-0.25, -0.2) is 4.79 Å². The number of hydrogen-bond donors (Lipinski definition) is 1. The second-order valence-corrected chi connectivity index (χ2v) is 12.8. The molecular formula is C32H44O5. The van der Waals surface area contributed by atoms with Crippen LogP contribution >= 0.6 is 0 Å².